The van der Waals surface area contributed by atoms with Crippen molar-refractivity contribution in [2.24, 2.45) is 11.8 Å². The van der Waals surface area contributed by atoms with Crippen LogP contribution < -0.4 is 36.8 Å². The van der Waals surface area contributed by atoms with E-state index in [1.165, 1.54) is 24.3 Å². The number of anilines is 2. The van der Waals surface area contributed by atoms with E-state index >= 15 is 0 Å². The standard InChI is InChI=1S/C24H38N6O11S.C24H37N5O11.C6H7NO4/c1-18(24(33)27-17-23(32)41-28-42)4-7-22(31)26-9-3-11-39-13-15-40-14-12-38-10-2-8-25-20-6-5-19(29(34)35)16-21(20)30(36)37;1-18(24(33)27-17-23(31)32)4-7-22(30)26-9-3-11-39-13-15-40-14-12-38-10-2-8-25-20-6-5-19(28(34)35)16-21(20)29(36)37;1-4(8)11-7-5(9)2-3-6(7)10/h5-6,16,18,25,28,42H,2-4,7-15,17H2,1H3,(H,26,31)(H,27,33);5-6,16,18,25H,2-4,7-15,17H2,1H3,(H,26,30)(H,27,33)(H,31,32);2-3H2,1H3/t2*18-;/m00./s1. The maximum absolute atomic E-state index is 11.9. The zero-order valence-electron chi connectivity index (χ0n) is 51.8. The molecule has 0 saturated carbocycles. The summed E-state index contributed by atoms with van der Waals surface area (Å²) in [6.45, 7) is 10.00. The van der Waals surface area contributed by atoms with Gasteiger partial charge in [-0.2, -0.15) is 0 Å². The van der Waals surface area contributed by atoms with Crippen LogP contribution in [-0.2, 0) is 81.2 Å². The quantitative estimate of drug-likeness (QED) is 0.0151. The van der Waals surface area contributed by atoms with Gasteiger partial charge in [0.15, 0.2) is 0 Å². The van der Waals surface area contributed by atoms with E-state index in [-0.39, 0.29) is 84.1 Å². The summed E-state index contributed by atoms with van der Waals surface area (Å²) >= 11 is 3.51. The number of nitrogens with zero attached hydrogens (tertiary/aromatic N) is 5. The molecule has 93 heavy (non-hydrogen) atoms. The molecule has 0 aliphatic carbocycles. The van der Waals surface area contributed by atoms with Crippen LogP contribution in [0.3, 0.4) is 0 Å². The molecule has 2 aromatic rings. The van der Waals surface area contributed by atoms with Crippen LogP contribution in [0.25, 0.3) is 0 Å². The van der Waals surface area contributed by atoms with Crippen LogP contribution in [0.5, 0.6) is 0 Å². The number of hydroxylamine groups is 2. The lowest BCUT2D eigenvalue weighted by Crippen LogP contribution is -2.35. The molecule has 0 radical (unpaired) electrons. The number of aliphatic carboxylic acids is 1. The number of carboxylic acids is 1. The van der Waals surface area contributed by atoms with Crippen molar-refractivity contribution >= 4 is 100 Å². The van der Waals surface area contributed by atoms with E-state index in [0.717, 1.165) is 19.1 Å². The van der Waals surface area contributed by atoms with Crippen molar-refractivity contribution in [3.8, 4) is 0 Å². The number of amides is 6. The number of ether oxygens (including phenoxy) is 6. The van der Waals surface area contributed by atoms with E-state index in [4.69, 9.17) is 33.5 Å². The Morgan fingerprint density at radius 2 is 0.892 bits per heavy atom. The number of rotatable bonds is 48. The number of benzene rings is 2. The number of carboxylic acid groups (broad SMARTS) is 1. The average molecular weight is 1350 g/mol. The topological polar surface area (TPSA) is 508 Å². The van der Waals surface area contributed by atoms with Gasteiger partial charge in [-0.15, -0.1) is 5.06 Å². The minimum absolute atomic E-state index is 0.131. The first kappa shape index (κ1) is 82.2. The smallest absolute Gasteiger partial charge is 0.344 e. The van der Waals surface area contributed by atoms with Gasteiger partial charge in [0.1, 0.15) is 24.5 Å². The molecule has 520 valence electrons. The van der Waals surface area contributed by atoms with Crippen molar-refractivity contribution in [3.63, 3.8) is 0 Å². The number of carbonyl (C=O) groups is 9. The predicted molar refractivity (Wildman–Crippen MR) is 327 cm³/mol. The molecule has 2 aromatic carbocycles. The Bertz CT molecular complexity index is 2720. The summed E-state index contributed by atoms with van der Waals surface area (Å²) in [5.74, 6) is -5.42. The summed E-state index contributed by atoms with van der Waals surface area (Å²) in [4.78, 5) is 152. The molecule has 0 spiro atoms. The zero-order valence-corrected chi connectivity index (χ0v) is 52.6. The third kappa shape index (κ3) is 39.9. The first-order valence-corrected chi connectivity index (χ1v) is 29.6. The van der Waals surface area contributed by atoms with Crippen molar-refractivity contribution in [2.45, 2.75) is 85.0 Å². The Kier molecular flexibility index (Phi) is 44.0. The predicted octanol–water partition coefficient (Wildman–Crippen LogP) is 2.38. The number of nitro groups is 4. The maximum Gasteiger partial charge on any atom is 0.344 e. The largest absolute Gasteiger partial charge is 0.480 e. The second kappa shape index (κ2) is 49.8. The summed E-state index contributed by atoms with van der Waals surface area (Å²) in [7, 11) is 0. The minimum atomic E-state index is -1.12. The second-order valence-corrected chi connectivity index (χ2v) is 19.7. The lowest BCUT2D eigenvalue weighted by atomic mass is 10.0. The summed E-state index contributed by atoms with van der Waals surface area (Å²) in [6.07, 6.45) is 3.61. The molecule has 0 aromatic heterocycles. The molecule has 0 bridgehead atoms. The fraction of sp³-hybridized carbons (Fsp3) is 0.611. The van der Waals surface area contributed by atoms with E-state index in [0.29, 0.717) is 149 Å². The summed E-state index contributed by atoms with van der Waals surface area (Å²) < 4.78 is 32.6. The van der Waals surface area contributed by atoms with E-state index in [1.54, 1.807) is 13.8 Å². The Hall–Kier alpha value is -8.86. The van der Waals surface area contributed by atoms with Gasteiger partial charge in [-0.25, -0.2) is 9.59 Å². The fourth-order valence-electron chi connectivity index (χ4n) is 7.23. The number of imide groups is 1. The molecule has 39 heteroatoms. The molecular weight excluding hydrogens is 1260 g/mol. The summed E-state index contributed by atoms with van der Waals surface area (Å²) in [6, 6.07) is 6.86. The molecule has 1 aliphatic heterocycles. The van der Waals surface area contributed by atoms with E-state index in [9.17, 15) is 83.6 Å². The zero-order chi connectivity index (χ0) is 69.3. The number of hydrogen-bond acceptors (Lipinski definition) is 29. The SMILES string of the molecule is CC(=O)ON1C(=O)CCC1=O.C[C@@H](CCC(=O)NCCCOCCOCCOCCCNc1ccc([N+](=O)[O-])cc1[N+](=O)[O-])C(=O)NCC(=O)O.C[C@@H](CCC(=O)NCCCOCCOCCOCCCNc1ccc([N+](=O)[O-])cc1[N+](=O)[O-])C(=O)NCC(=O)ONS. The Balaban J connectivity index is 0.000000796. The van der Waals surface area contributed by atoms with Crippen LogP contribution in [0.4, 0.5) is 34.1 Å². The lowest BCUT2D eigenvalue weighted by Gasteiger charge is -2.12. The van der Waals surface area contributed by atoms with Gasteiger partial charge in [-0.1, -0.05) is 31.5 Å². The second-order valence-electron chi connectivity index (χ2n) is 19.5. The normalized spacial score (nSPS) is 12.1. The van der Waals surface area contributed by atoms with Crippen molar-refractivity contribution in [1.82, 2.24) is 31.2 Å². The van der Waals surface area contributed by atoms with Crippen LogP contribution in [0.2, 0.25) is 0 Å². The molecule has 1 fully saturated rings. The highest BCUT2D eigenvalue weighted by Crippen LogP contribution is 2.30. The van der Waals surface area contributed by atoms with E-state index < -0.39 is 73.7 Å². The summed E-state index contributed by atoms with van der Waals surface area (Å²) in [5, 5.41) is 68.8. The molecular formula is C54H82N12O26S. The van der Waals surface area contributed by atoms with Gasteiger partial charge in [-0.3, -0.25) is 74.0 Å². The molecule has 1 saturated heterocycles. The number of nitro benzene ring substituents is 4. The Morgan fingerprint density at radius 3 is 1.23 bits per heavy atom. The lowest BCUT2D eigenvalue weighted by molar-refractivity contribution is -0.393. The molecule has 38 nitrogen and oxygen atoms in total. The molecule has 2 atom stereocenters. The first-order chi connectivity index (χ1) is 44.4. The number of hydrogen-bond donors (Lipinski definition) is 9. The maximum atomic E-state index is 11.9. The highest BCUT2D eigenvalue weighted by Gasteiger charge is 2.32. The van der Waals surface area contributed by atoms with Crippen LogP contribution in [0, 0.1) is 52.3 Å². The van der Waals surface area contributed by atoms with Crippen molar-refractivity contribution in [2.75, 3.05) is 129 Å². The summed E-state index contributed by atoms with van der Waals surface area (Å²) in [5.41, 5.74) is -1.01. The van der Waals surface area contributed by atoms with Crippen molar-refractivity contribution in [3.05, 3.63) is 76.9 Å². The highest BCUT2D eigenvalue weighted by molar-refractivity contribution is 7.77. The average Bonchev–Trinajstić information content (AvgIpc) is 1.52. The Labute approximate surface area is 538 Å². The van der Waals surface area contributed by atoms with Crippen molar-refractivity contribution < 1.29 is 106 Å². The molecule has 1 aliphatic rings. The van der Waals surface area contributed by atoms with Crippen molar-refractivity contribution in [1.29, 1.82) is 0 Å². The number of nitrogens with one attached hydrogen (secondary N) is 7. The first-order valence-electron chi connectivity index (χ1n) is 29.1. The van der Waals surface area contributed by atoms with Crippen LogP contribution in [0.15, 0.2) is 36.4 Å². The number of non-ortho nitro benzene ring substituents is 2. The van der Waals surface area contributed by atoms with Gasteiger partial charge in [0.05, 0.1) is 84.7 Å². The van der Waals surface area contributed by atoms with Crippen LogP contribution in [-0.4, -0.2) is 202 Å². The molecule has 3 rings (SSSR count). The van der Waals surface area contributed by atoms with Gasteiger partial charge in [0.25, 0.3) is 34.6 Å². The number of carbonyl (C=O) groups excluding carboxylic acids is 8. The van der Waals surface area contributed by atoms with E-state index in [2.05, 4.69) is 54.4 Å². The van der Waals surface area contributed by atoms with Gasteiger partial charge < -0.3 is 75.1 Å². The molecule has 0 unspecified atom stereocenters. The van der Waals surface area contributed by atoms with Crippen LogP contribution in [0.1, 0.15) is 85.0 Å². The van der Waals surface area contributed by atoms with Crippen LogP contribution >= 0.6 is 12.8 Å². The van der Waals surface area contributed by atoms with Gasteiger partial charge >= 0.3 is 17.9 Å². The Morgan fingerprint density at radius 1 is 0.538 bits per heavy atom. The van der Waals surface area contributed by atoms with Gasteiger partial charge in [0, 0.05) is 109 Å². The number of thiol groups is 1. The van der Waals surface area contributed by atoms with E-state index in [1.807, 2.05) is 4.89 Å². The van der Waals surface area contributed by atoms with Gasteiger partial charge in [-0.05, 0) is 50.7 Å². The third-order valence-corrected chi connectivity index (χ3v) is 12.2. The molecule has 1 heterocycles. The molecule has 8 N–H and O–H groups in total. The fourth-order valence-corrected chi connectivity index (χ4v) is 7.33. The highest BCUT2D eigenvalue weighted by atomic mass is 32.1. The minimum Gasteiger partial charge on any atom is -0.480 e. The monoisotopic (exact) mass is 1350 g/mol. The molecule has 6 amide bonds. The van der Waals surface area contributed by atoms with Gasteiger partial charge in [0.2, 0.25) is 23.6 Å². The third-order valence-electron chi connectivity index (χ3n) is 12.1.